The second-order valence-electron chi connectivity index (χ2n) is 9.86. The van der Waals surface area contributed by atoms with Gasteiger partial charge in [0.2, 0.25) is 11.8 Å². The topological polar surface area (TPSA) is 52.7 Å². The number of benzene rings is 2. The van der Waals surface area contributed by atoms with Crippen molar-refractivity contribution in [1.82, 2.24) is 15.1 Å². The fraction of sp³-hybridized carbons (Fsp3) is 0.481. The lowest BCUT2D eigenvalue weighted by molar-refractivity contribution is -0.162. The smallest absolute Gasteiger partial charge is 0.246 e. The lowest BCUT2D eigenvalue weighted by atomic mass is 9.80. The molecule has 0 saturated carbocycles. The first kappa shape index (κ1) is 22.5. The molecule has 170 valence electrons. The fourth-order valence-electron chi connectivity index (χ4n) is 5.15. The molecule has 0 bridgehead atoms. The lowest BCUT2D eigenvalue weighted by Crippen LogP contribution is -2.72. The van der Waals surface area contributed by atoms with Crippen LogP contribution in [0.1, 0.15) is 49.8 Å². The SMILES string of the molecule is Cc1cccc(CN2C(=O)C(CC(C)C)NC(=O)C23CCN(Cc2ccccc2)CC3)c1. The summed E-state index contributed by atoms with van der Waals surface area (Å²) in [6.45, 7) is 9.21. The zero-order valence-electron chi connectivity index (χ0n) is 19.5. The molecule has 2 heterocycles. The summed E-state index contributed by atoms with van der Waals surface area (Å²) >= 11 is 0. The molecule has 1 unspecified atom stereocenters. The van der Waals surface area contributed by atoms with Crippen LogP contribution in [-0.2, 0) is 22.7 Å². The molecule has 0 radical (unpaired) electrons. The number of hydrogen-bond acceptors (Lipinski definition) is 3. The molecule has 1 spiro atoms. The number of amides is 2. The van der Waals surface area contributed by atoms with Gasteiger partial charge in [0.15, 0.2) is 0 Å². The summed E-state index contributed by atoms with van der Waals surface area (Å²) in [5.74, 6) is 0.429. The predicted molar refractivity (Wildman–Crippen MR) is 127 cm³/mol. The normalized spacial score (nSPS) is 21.2. The Morgan fingerprint density at radius 2 is 1.66 bits per heavy atom. The number of aryl methyl sites for hydroxylation is 1. The highest BCUT2D eigenvalue weighted by Crippen LogP contribution is 2.35. The molecule has 1 atom stereocenters. The molecule has 32 heavy (non-hydrogen) atoms. The molecule has 2 aromatic rings. The van der Waals surface area contributed by atoms with E-state index < -0.39 is 11.6 Å². The van der Waals surface area contributed by atoms with Crippen molar-refractivity contribution in [2.24, 2.45) is 5.92 Å². The molecule has 5 nitrogen and oxygen atoms in total. The third-order valence-electron chi connectivity index (χ3n) is 6.87. The number of likely N-dealkylation sites (tertiary alicyclic amines) is 1. The maximum Gasteiger partial charge on any atom is 0.246 e. The number of nitrogens with one attached hydrogen (secondary N) is 1. The Morgan fingerprint density at radius 3 is 2.31 bits per heavy atom. The summed E-state index contributed by atoms with van der Waals surface area (Å²) < 4.78 is 0. The average molecular weight is 434 g/mol. The van der Waals surface area contributed by atoms with Crippen LogP contribution in [0.15, 0.2) is 54.6 Å². The van der Waals surface area contributed by atoms with Gasteiger partial charge in [0.1, 0.15) is 11.6 Å². The first-order valence-corrected chi connectivity index (χ1v) is 11.8. The van der Waals surface area contributed by atoms with Gasteiger partial charge in [0, 0.05) is 26.2 Å². The fourth-order valence-corrected chi connectivity index (χ4v) is 5.15. The Bertz CT molecular complexity index is 948. The summed E-state index contributed by atoms with van der Waals surface area (Å²) in [6.07, 6.45) is 2.00. The van der Waals surface area contributed by atoms with Gasteiger partial charge in [0.05, 0.1) is 0 Å². The molecule has 2 aromatic carbocycles. The summed E-state index contributed by atoms with van der Waals surface area (Å²) in [6, 6.07) is 18.3. The molecule has 2 amide bonds. The largest absolute Gasteiger partial charge is 0.342 e. The highest BCUT2D eigenvalue weighted by molar-refractivity contribution is 6.00. The van der Waals surface area contributed by atoms with E-state index in [9.17, 15) is 9.59 Å². The molecule has 2 aliphatic heterocycles. The third-order valence-corrected chi connectivity index (χ3v) is 6.87. The molecule has 4 rings (SSSR count). The highest BCUT2D eigenvalue weighted by Gasteiger charge is 2.53. The van der Waals surface area contributed by atoms with E-state index in [1.807, 2.05) is 17.0 Å². The number of piperazine rings is 1. The lowest BCUT2D eigenvalue weighted by Gasteiger charge is -2.52. The van der Waals surface area contributed by atoms with Gasteiger partial charge < -0.3 is 10.2 Å². The summed E-state index contributed by atoms with van der Waals surface area (Å²) in [4.78, 5) is 31.5. The minimum atomic E-state index is -0.762. The Labute approximate surface area is 191 Å². The van der Waals surface area contributed by atoms with E-state index in [-0.39, 0.29) is 11.8 Å². The van der Waals surface area contributed by atoms with Crippen molar-refractivity contribution in [2.75, 3.05) is 13.1 Å². The van der Waals surface area contributed by atoms with Gasteiger partial charge in [-0.25, -0.2) is 0 Å². The monoisotopic (exact) mass is 433 g/mol. The van der Waals surface area contributed by atoms with Crippen molar-refractivity contribution in [2.45, 2.75) is 64.7 Å². The van der Waals surface area contributed by atoms with Crippen molar-refractivity contribution in [3.63, 3.8) is 0 Å². The van der Waals surface area contributed by atoms with E-state index >= 15 is 0 Å². The van der Waals surface area contributed by atoms with Gasteiger partial charge in [-0.1, -0.05) is 74.0 Å². The minimum absolute atomic E-state index is 0.0229. The van der Waals surface area contributed by atoms with Crippen LogP contribution in [0, 0.1) is 12.8 Å². The van der Waals surface area contributed by atoms with Crippen LogP contribution in [0.25, 0.3) is 0 Å². The van der Waals surface area contributed by atoms with Gasteiger partial charge in [-0.15, -0.1) is 0 Å². The zero-order valence-corrected chi connectivity index (χ0v) is 19.5. The second-order valence-corrected chi connectivity index (χ2v) is 9.86. The van der Waals surface area contributed by atoms with Crippen LogP contribution in [0.5, 0.6) is 0 Å². The Kier molecular flexibility index (Phi) is 6.66. The standard InChI is InChI=1S/C27H35N3O2/c1-20(2)16-24-25(31)30(19-23-11-7-8-21(3)17-23)27(26(32)28-24)12-14-29(15-13-27)18-22-9-5-4-6-10-22/h4-11,17,20,24H,12-16,18-19H2,1-3H3,(H,28,32). The van der Waals surface area contributed by atoms with Crippen molar-refractivity contribution in [1.29, 1.82) is 0 Å². The second kappa shape index (κ2) is 9.45. The van der Waals surface area contributed by atoms with Crippen LogP contribution in [0.3, 0.4) is 0 Å². The quantitative estimate of drug-likeness (QED) is 0.752. The number of carbonyl (C=O) groups is 2. The maximum atomic E-state index is 13.6. The molecular formula is C27H35N3O2. The summed E-state index contributed by atoms with van der Waals surface area (Å²) in [7, 11) is 0. The Balaban J connectivity index is 1.56. The molecule has 2 aliphatic rings. The van der Waals surface area contributed by atoms with E-state index in [0.717, 1.165) is 25.2 Å². The van der Waals surface area contributed by atoms with E-state index in [4.69, 9.17) is 0 Å². The minimum Gasteiger partial charge on any atom is -0.342 e. The highest BCUT2D eigenvalue weighted by atomic mass is 16.2. The number of hydrogen-bond donors (Lipinski definition) is 1. The van der Waals surface area contributed by atoms with Gasteiger partial charge in [-0.2, -0.15) is 0 Å². The maximum absolute atomic E-state index is 13.6. The summed E-state index contributed by atoms with van der Waals surface area (Å²) in [5.41, 5.74) is 2.77. The summed E-state index contributed by atoms with van der Waals surface area (Å²) in [5, 5.41) is 3.10. The number of rotatable bonds is 6. The van der Waals surface area contributed by atoms with E-state index in [1.165, 1.54) is 11.1 Å². The first-order valence-electron chi connectivity index (χ1n) is 11.8. The average Bonchev–Trinajstić information content (AvgIpc) is 2.77. The Morgan fingerprint density at radius 1 is 0.969 bits per heavy atom. The van der Waals surface area contributed by atoms with Gasteiger partial charge in [-0.3, -0.25) is 14.5 Å². The van der Waals surface area contributed by atoms with E-state index in [0.29, 0.717) is 31.7 Å². The number of piperidine rings is 1. The van der Waals surface area contributed by atoms with E-state index in [1.54, 1.807) is 0 Å². The molecule has 5 heteroatoms. The number of nitrogens with zero attached hydrogens (tertiary/aromatic N) is 2. The van der Waals surface area contributed by atoms with Crippen LogP contribution in [0.4, 0.5) is 0 Å². The Hall–Kier alpha value is -2.66. The molecular weight excluding hydrogens is 398 g/mol. The third kappa shape index (κ3) is 4.73. The molecule has 0 aliphatic carbocycles. The van der Waals surface area contributed by atoms with Crippen molar-refractivity contribution >= 4 is 11.8 Å². The van der Waals surface area contributed by atoms with Crippen molar-refractivity contribution < 1.29 is 9.59 Å². The predicted octanol–water partition coefficient (Wildman–Crippen LogP) is 3.90. The van der Waals surface area contributed by atoms with Gasteiger partial charge in [-0.05, 0) is 43.2 Å². The van der Waals surface area contributed by atoms with Crippen molar-refractivity contribution in [3.8, 4) is 0 Å². The number of carbonyl (C=O) groups excluding carboxylic acids is 2. The molecule has 1 N–H and O–H groups in total. The van der Waals surface area contributed by atoms with Gasteiger partial charge >= 0.3 is 0 Å². The van der Waals surface area contributed by atoms with Crippen molar-refractivity contribution in [3.05, 3.63) is 71.3 Å². The zero-order chi connectivity index (χ0) is 22.7. The van der Waals surface area contributed by atoms with Crippen LogP contribution < -0.4 is 5.32 Å². The first-order chi connectivity index (χ1) is 15.4. The van der Waals surface area contributed by atoms with Crippen LogP contribution in [0.2, 0.25) is 0 Å². The molecule has 0 aromatic heterocycles. The molecule has 2 fully saturated rings. The van der Waals surface area contributed by atoms with Crippen LogP contribution >= 0.6 is 0 Å². The molecule has 2 saturated heterocycles. The van der Waals surface area contributed by atoms with Crippen LogP contribution in [-0.4, -0.2) is 46.3 Å². The van der Waals surface area contributed by atoms with Gasteiger partial charge in [0.25, 0.3) is 0 Å². The van der Waals surface area contributed by atoms with E-state index in [2.05, 4.69) is 73.5 Å².